The van der Waals surface area contributed by atoms with Crippen LogP contribution in [0.4, 0.5) is 10.5 Å². The fourth-order valence-corrected chi connectivity index (χ4v) is 6.22. The largest absolute Gasteiger partial charge is 0.445 e. The summed E-state index contributed by atoms with van der Waals surface area (Å²) in [5.41, 5.74) is 3.66. The van der Waals surface area contributed by atoms with E-state index in [2.05, 4.69) is 21.2 Å². The Balaban J connectivity index is 1.05. The maximum absolute atomic E-state index is 13.3. The van der Waals surface area contributed by atoms with Crippen LogP contribution in [0.25, 0.3) is 0 Å². The summed E-state index contributed by atoms with van der Waals surface area (Å²) >= 11 is 0. The molecule has 0 aromatic heterocycles. The zero-order chi connectivity index (χ0) is 32.8. The van der Waals surface area contributed by atoms with Crippen LogP contribution in [0, 0.1) is 17.2 Å². The lowest BCUT2D eigenvalue weighted by molar-refractivity contribution is -0.127. The molecule has 0 saturated carbocycles. The van der Waals surface area contributed by atoms with Gasteiger partial charge < -0.3 is 29.7 Å². The van der Waals surface area contributed by atoms with Crippen LogP contribution in [0.15, 0.2) is 84.9 Å². The van der Waals surface area contributed by atoms with Crippen LogP contribution in [0.3, 0.4) is 0 Å². The number of para-hydroxylation sites is 1. The van der Waals surface area contributed by atoms with Crippen molar-refractivity contribution < 1.29 is 24.2 Å². The minimum atomic E-state index is -0.660. The van der Waals surface area contributed by atoms with E-state index in [0.29, 0.717) is 44.5 Å². The summed E-state index contributed by atoms with van der Waals surface area (Å²) < 4.78 is 11.5. The van der Waals surface area contributed by atoms with Crippen molar-refractivity contribution >= 4 is 17.7 Å². The number of β-amino-alcohol motifs (C(OH)–C–C–N with tert-alkyl or cyclic N) is 1. The summed E-state index contributed by atoms with van der Waals surface area (Å²) in [6, 6.07) is 29.2. The van der Waals surface area contributed by atoms with E-state index in [-0.39, 0.29) is 43.8 Å². The fraction of sp³-hybridized carbons (Fsp3) is 0.432. The molecule has 2 aliphatic rings. The van der Waals surface area contributed by atoms with Crippen molar-refractivity contribution in [3.05, 3.63) is 102 Å². The number of nitrogens with zero attached hydrogens (tertiary/aromatic N) is 4. The summed E-state index contributed by atoms with van der Waals surface area (Å²) in [4.78, 5) is 32.0. The third-order valence-electron chi connectivity index (χ3n) is 8.84. The number of carbonyl (C=O) groups excluding carboxylic acids is 2. The lowest BCUT2D eigenvalue weighted by atomic mass is 9.95. The molecule has 47 heavy (non-hydrogen) atoms. The van der Waals surface area contributed by atoms with E-state index in [1.165, 1.54) is 0 Å². The molecular formula is C37H45N5O5. The first kappa shape index (κ1) is 33.9. The summed E-state index contributed by atoms with van der Waals surface area (Å²) in [6.07, 6.45) is 0.734. The quantitative estimate of drug-likeness (QED) is 0.290. The number of likely N-dealkylation sites (tertiary alicyclic amines) is 1. The monoisotopic (exact) mass is 639 g/mol. The van der Waals surface area contributed by atoms with E-state index in [1.54, 1.807) is 4.90 Å². The van der Waals surface area contributed by atoms with Gasteiger partial charge in [0.2, 0.25) is 5.91 Å². The van der Waals surface area contributed by atoms with Gasteiger partial charge in [-0.15, -0.1) is 0 Å². The fourth-order valence-electron chi connectivity index (χ4n) is 6.22. The van der Waals surface area contributed by atoms with Crippen molar-refractivity contribution in [2.45, 2.75) is 38.0 Å². The molecule has 0 bridgehead atoms. The molecule has 0 spiro atoms. The van der Waals surface area contributed by atoms with Crippen LogP contribution in [0.2, 0.25) is 0 Å². The molecule has 248 valence electrons. The number of piperidine rings is 1. The number of amides is 2. The number of piperazine rings is 1. The molecule has 2 aliphatic heterocycles. The van der Waals surface area contributed by atoms with Gasteiger partial charge in [-0.05, 0) is 42.5 Å². The Morgan fingerprint density at radius 2 is 1.49 bits per heavy atom. The number of nitriles is 1. The Morgan fingerprint density at radius 1 is 0.851 bits per heavy atom. The number of aliphatic hydroxyl groups is 1. The van der Waals surface area contributed by atoms with Crippen LogP contribution in [0.5, 0.6) is 0 Å². The highest BCUT2D eigenvalue weighted by Gasteiger charge is 2.29. The number of aliphatic hydroxyl groups excluding tert-OH is 1. The number of ether oxygens (including phenoxy) is 2. The highest BCUT2D eigenvalue weighted by atomic mass is 16.6. The lowest BCUT2D eigenvalue weighted by Gasteiger charge is -2.37. The minimum Gasteiger partial charge on any atom is -0.445 e. The first-order chi connectivity index (χ1) is 23.0. The topological polar surface area (TPSA) is 118 Å². The van der Waals surface area contributed by atoms with E-state index >= 15 is 0 Å². The minimum absolute atomic E-state index is 0.0387. The van der Waals surface area contributed by atoms with Gasteiger partial charge in [-0.3, -0.25) is 9.69 Å². The second-order valence-corrected chi connectivity index (χ2v) is 12.3. The predicted octanol–water partition coefficient (Wildman–Crippen LogP) is 3.83. The Labute approximate surface area is 277 Å². The molecule has 2 atom stereocenters. The van der Waals surface area contributed by atoms with Gasteiger partial charge in [0.05, 0.1) is 36.6 Å². The number of carbonyl (C=O) groups is 2. The Bertz CT molecular complexity index is 1450. The molecule has 10 nitrogen and oxygen atoms in total. The third kappa shape index (κ3) is 10.3. The van der Waals surface area contributed by atoms with Gasteiger partial charge in [0.15, 0.2) is 0 Å². The zero-order valence-electron chi connectivity index (χ0n) is 26.9. The Kier molecular flexibility index (Phi) is 12.6. The van der Waals surface area contributed by atoms with Crippen molar-refractivity contribution in [3.63, 3.8) is 0 Å². The maximum atomic E-state index is 13.3. The Morgan fingerprint density at radius 3 is 2.17 bits per heavy atom. The van der Waals surface area contributed by atoms with Gasteiger partial charge in [0, 0.05) is 51.7 Å². The second-order valence-electron chi connectivity index (χ2n) is 12.3. The first-order valence-electron chi connectivity index (χ1n) is 16.5. The molecule has 0 aliphatic carbocycles. The maximum Gasteiger partial charge on any atom is 0.410 e. The van der Waals surface area contributed by atoms with Gasteiger partial charge in [-0.1, -0.05) is 72.8 Å². The molecule has 2 saturated heterocycles. The van der Waals surface area contributed by atoms with Gasteiger partial charge in [-0.25, -0.2) is 4.79 Å². The smallest absolute Gasteiger partial charge is 0.410 e. The second kappa shape index (κ2) is 17.5. The first-order valence-corrected chi connectivity index (χ1v) is 16.5. The van der Waals surface area contributed by atoms with E-state index in [4.69, 9.17) is 9.47 Å². The highest BCUT2D eigenvalue weighted by Crippen LogP contribution is 2.22. The third-order valence-corrected chi connectivity index (χ3v) is 8.84. The number of rotatable bonds is 13. The SMILES string of the molecule is N#Cc1ccccc1N1CCN(C[C@H](O)COC[C@H](Cc2ccccc2)NC(=O)C2CCN(C(=O)OCc3ccccc3)CC2)CC1. The van der Waals surface area contributed by atoms with Crippen molar-refractivity contribution in [2.24, 2.45) is 5.92 Å². The van der Waals surface area contributed by atoms with Crippen LogP contribution in [-0.2, 0) is 27.3 Å². The molecule has 5 rings (SSSR count). The van der Waals surface area contributed by atoms with Gasteiger partial charge >= 0.3 is 6.09 Å². The van der Waals surface area contributed by atoms with Crippen LogP contribution < -0.4 is 10.2 Å². The Hall–Kier alpha value is -4.43. The molecule has 0 radical (unpaired) electrons. The van der Waals surface area contributed by atoms with E-state index < -0.39 is 6.10 Å². The van der Waals surface area contributed by atoms with Crippen molar-refractivity contribution in [1.29, 1.82) is 5.26 Å². The van der Waals surface area contributed by atoms with Crippen molar-refractivity contribution in [3.8, 4) is 6.07 Å². The summed E-state index contributed by atoms with van der Waals surface area (Å²) in [7, 11) is 0. The van der Waals surface area contributed by atoms with Gasteiger partial charge in [0.25, 0.3) is 0 Å². The summed E-state index contributed by atoms with van der Waals surface area (Å²) in [5.74, 6) is -0.237. The highest BCUT2D eigenvalue weighted by molar-refractivity contribution is 5.79. The van der Waals surface area contributed by atoms with Crippen LogP contribution >= 0.6 is 0 Å². The normalized spacial score (nSPS) is 17.0. The molecule has 10 heteroatoms. The molecule has 0 unspecified atom stereocenters. The number of hydrogen-bond acceptors (Lipinski definition) is 8. The van der Waals surface area contributed by atoms with Crippen molar-refractivity contribution in [2.75, 3.05) is 63.9 Å². The molecule has 2 fully saturated rings. The van der Waals surface area contributed by atoms with Gasteiger partial charge in [0.1, 0.15) is 12.7 Å². The van der Waals surface area contributed by atoms with E-state index in [9.17, 15) is 20.0 Å². The van der Waals surface area contributed by atoms with Crippen molar-refractivity contribution in [1.82, 2.24) is 15.1 Å². The number of nitrogens with one attached hydrogen (secondary N) is 1. The summed E-state index contributed by atoms with van der Waals surface area (Å²) in [5, 5.41) is 23.4. The van der Waals surface area contributed by atoms with Crippen LogP contribution in [0.1, 0.15) is 29.5 Å². The molecule has 2 amide bonds. The van der Waals surface area contributed by atoms with Gasteiger partial charge in [-0.2, -0.15) is 5.26 Å². The average molecular weight is 640 g/mol. The lowest BCUT2D eigenvalue weighted by Crippen LogP contribution is -2.49. The molecule has 2 N–H and O–H groups in total. The molecule has 2 heterocycles. The number of anilines is 1. The van der Waals surface area contributed by atoms with E-state index in [0.717, 1.165) is 43.0 Å². The molecule has 3 aromatic carbocycles. The predicted molar refractivity (Wildman–Crippen MR) is 180 cm³/mol. The van der Waals surface area contributed by atoms with Crippen LogP contribution in [-0.4, -0.2) is 98.1 Å². The number of benzene rings is 3. The molecular weight excluding hydrogens is 594 g/mol. The standard InChI is InChI=1S/C37H45N5O5/c38-24-32-13-7-8-14-35(32)41-21-19-40(20-22-41)25-34(43)28-46-27-33(23-29-9-3-1-4-10-29)39-36(44)31-15-17-42(18-16-31)37(45)47-26-30-11-5-2-6-12-30/h1-14,31,33-34,43H,15-23,25-28H2,(H,39,44)/t33-,34-/m0/s1. The molecule has 3 aromatic rings. The summed E-state index contributed by atoms with van der Waals surface area (Å²) in [6.45, 7) is 5.24. The number of hydrogen-bond donors (Lipinski definition) is 2. The average Bonchev–Trinajstić information content (AvgIpc) is 3.11. The van der Waals surface area contributed by atoms with E-state index in [1.807, 2.05) is 84.9 Å². The zero-order valence-corrected chi connectivity index (χ0v) is 26.9.